The van der Waals surface area contributed by atoms with Crippen LogP contribution in [0.5, 0.6) is 0 Å². The maximum absolute atomic E-state index is 13.4. The van der Waals surface area contributed by atoms with Gasteiger partial charge in [0.1, 0.15) is 11.9 Å². The molecule has 180 valence electrons. The highest BCUT2D eigenvalue weighted by molar-refractivity contribution is 5.86. The van der Waals surface area contributed by atoms with Gasteiger partial charge >= 0.3 is 0 Å². The van der Waals surface area contributed by atoms with E-state index in [1.54, 1.807) is 24.5 Å². The average molecular weight is 473 g/mol. The summed E-state index contributed by atoms with van der Waals surface area (Å²) in [7, 11) is 0. The normalized spacial score (nSPS) is 23.5. The number of rotatable bonds is 4. The first-order chi connectivity index (χ1) is 16.4. The highest BCUT2D eigenvalue weighted by Crippen LogP contribution is 2.33. The molecule has 2 N–H and O–H groups in total. The number of aromatic nitrogens is 4. The lowest BCUT2D eigenvalue weighted by Gasteiger charge is -2.47. The van der Waals surface area contributed by atoms with Crippen molar-refractivity contribution in [2.45, 2.75) is 43.7 Å². The highest BCUT2D eigenvalue weighted by atomic mass is 19.3. The van der Waals surface area contributed by atoms with E-state index in [0.717, 1.165) is 25.7 Å². The van der Waals surface area contributed by atoms with Crippen molar-refractivity contribution in [3.8, 4) is 11.6 Å². The minimum absolute atomic E-state index is 0.0582. The van der Waals surface area contributed by atoms with E-state index in [1.807, 2.05) is 14.7 Å². The smallest absolute Gasteiger partial charge is 0.272 e. The number of alkyl halides is 2. The molecule has 0 saturated carbocycles. The van der Waals surface area contributed by atoms with Crippen LogP contribution in [0.4, 0.5) is 20.5 Å². The molecule has 0 aromatic carbocycles. The van der Waals surface area contributed by atoms with Crippen LogP contribution in [-0.2, 0) is 4.79 Å². The second-order valence-corrected chi connectivity index (χ2v) is 9.32. The summed E-state index contributed by atoms with van der Waals surface area (Å²) in [5.41, 5.74) is 6.70. The molecule has 3 fully saturated rings. The first-order valence-corrected chi connectivity index (χ1v) is 11.6. The number of hydrogen-bond donors (Lipinski definition) is 1. The van der Waals surface area contributed by atoms with Crippen molar-refractivity contribution in [3.05, 3.63) is 24.5 Å². The first-order valence-electron chi connectivity index (χ1n) is 11.6. The Bertz CT molecular complexity index is 1200. The molecule has 1 amide bonds. The molecule has 10 nitrogen and oxygen atoms in total. The summed E-state index contributed by atoms with van der Waals surface area (Å²) in [5, 5.41) is 4.37. The molecule has 34 heavy (non-hydrogen) atoms. The Morgan fingerprint density at radius 1 is 1.15 bits per heavy atom. The fourth-order valence-electron chi connectivity index (χ4n) is 5.32. The van der Waals surface area contributed by atoms with Gasteiger partial charge in [-0.3, -0.25) is 9.69 Å². The van der Waals surface area contributed by atoms with Gasteiger partial charge in [-0.15, -0.1) is 5.10 Å². The van der Waals surface area contributed by atoms with Crippen LogP contribution in [0.1, 0.15) is 25.7 Å². The van der Waals surface area contributed by atoms with Crippen molar-refractivity contribution in [1.29, 1.82) is 0 Å². The lowest BCUT2D eigenvalue weighted by molar-refractivity contribution is -0.155. The minimum Gasteiger partial charge on any atom is -0.461 e. The number of piperidine rings is 1. The Labute approximate surface area is 194 Å². The van der Waals surface area contributed by atoms with Crippen molar-refractivity contribution < 1.29 is 18.0 Å². The van der Waals surface area contributed by atoms with Crippen LogP contribution >= 0.6 is 0 Å². The number of nitrogens with two attached hydrogens (primary N) is 1. The number of carbonyl (C=O) groups excluding carboxylic acids is 1. The third-order valence-corrected chi connectivity index (χ3v) is 7.07. The SMILES string of the molecule is Nc1nc(N2CCC[C@H]2C(=O)N2CCC(N3CC(F)(F)C3)CC2)cc2nc(-c3ccco3)nn12. The molecule has 3 aromatic rings. The molecule has 12 heteroatoms. The number of hydrogen-bond acceptors (Lipinski definition) is 8. The van der Waals surface area contributed by atoms with Crippen molar-refractivity contribution in [2.75, 3.05) is 43.4 Å². The quantitative estimate of drug-likeness (QED) is 0.613. The van der Waals surface area contributed by atoms with E-state index < -0.39 is 5.92 Å². The predicted molar refractivity (Wildman–Crippen MR) is 119 cm³/mol. The molecule has 0 unspecified atom stereocenters. The van der Waals surface area contributed by atoms with Crippen LogP contribution in [0.2, 0.25) is 0 Å². The van der Waals surface area contributed by atoms with Gasteiger partial charge in [-0.2, -0.15) is 9.50 Å². The molecule has 0 aliphatic carbocycles. The van der Waals surface area contributed by atoms with Crippen LogP contribution < -0.4 is 10.6 Å². The number of halogens is 2. The van der Waals surface area contributed by atoms with Gasteiger partial charge in [0, 0.05) is 31.7 Å². The Balaban J connectivity index is 1.17. The van der Waals surface area contributed by atoms with Crippen LogP contribution in [-0.4, -0.2) is 86.0 Å². The van der Waals surface area contributed by atoms with E-state index in [0.29, 0.717) is 42.7 Å². The molecule has 3 aliphatic heterocycles. The van der Waals surface area contributed by atoms with Gasteiger partial charge in [-0.25, -0.2) is 13.8 Å². The monoisotopic (exact) mass is 472 g/mol. The molecule has 1 atom stereocenters. The number of likely N-dealkylation sites (tertiary alicyclic amines) is 2. The third kappa shape index (κ3) is 3.65. The molecule has 6 rings (SSSR count). The number of amides is 1. The van der Waals surface area contributed by atoms with Crippen molar-refractivity contribution >= 4 is 23.3 Å². The summed E-state index contributed by atoms with van der Waals surface area (Å²) in [6, 6.07) is 5.12. The van der Waals surface area contributed by atoms with Crippen LogP contribution in [0.15, 0.2) is 28.9 Å². The Morgan fingerprint density at radius 3 is 2.65 bits per heavy atom. The summed E-state index contributed by atoms with van der Waals surface area (Å²) in [6.07, 6.45) is 4.60. The molecule has 6 heterocycles. The summed E-state index contributed by atoms with van der Waals surface area (Å²) in [6.45, 7) is 1.53. The van der Waals surface area contributed by atoms with Crippen LogP contribution in [0.3, 0.4) is 0 Å². The second kappa shape index (κ2) is 7.90. The molecule has 0 bridgehead atoms. The highest BCUT2D eigenvalue weighted by Gasteiger charge is 2.47. The largest absolute Gasteiger partial charge is 0.461 e. The molecule has 3 aliphatic rings. The van der Waals surface area contributed by atoms with Gasteiger partial charge in [0.2, 0.25) is 17.7 Å². The van der Waals surface area contributed by atoms with Crippen LogP contribution in [0.25, 0.3) is 17.2 Å². The fraction of sp³-hybridized carbons (Fsp3) is 0.545. The lowest BCUT2D eigenvalue weighted by Crippen LogP contribution is -2.62. The summed E-state index contributed by atoms with van der Waals surface area (Å²) in [4.78, 5) is 28.1. The summed E-state index contributed by atoms with van der Waals surface area (Å²) < 4.78 is 33.3. The number of anilines is 2. The zero-order valence-electron chi connectivity index (χ0n) is 18.6. The number of nitrogen functional groups attached to an aromatic ring is 1. The number of furan rings is 1. The molecule has 3 saturated heterocycles. The van der Waals surface area contributed by atoms with Gasteiger partial charge in [-0.05, 0) is 37.8 Å². The van der Waals surface area contributed by atoms with E-state index in [-0.39, 0.29) is 37.0 Å². The van der Waals surface area contributed by atoms with Crippen molar-refractivity contribution in [3.63, 3.8) is 0 Å². The topological polar surface area (TPSA) is 109 Å². The standard InChI is InChI=1S/C22H26F2N8O2/c23-22(24)12-30(13-22)14-5-8-29(9-6-14)20(33)15-3-1-7-31(15)17-11-18-26-19(16-4-2-10-34-16)28-32(18)21(25)27-17/h2,4,10-11,14-15H,1,3,5-9,12-13H2,(H2,25,27)/t15-/m0/s1. The van der Waals surface area contributed by atoms with Gasteiger partial charge in [0.15, 0.2) is 11.4 Å². The van der Waals surface area contributed by atoms with Gasteiger partial charge in [0.25, 0.3) is 5.92 Å². The second-order valence-electron chi connectivity index (χ2n) is 9.32. The molecular formula is C22H26F2N8O2. The Kier molecular flexibility index (Phi) is 4.94. The number of carbonyl (C=O) groups is 1. The Morgan fingerprint density at radius 2 is 1.94 bits per heavy atom. The zero-order chi connectivity index (χ0) is 23.4. The van der Waals surface area contributed by atoms with Gasteiger partial charge in [-0.1, -0.05) is 0 Å². The number of nitrogens with zero attached hydrogens (tertiary/aromatic N) is 7. The van der Waals surface area contributed by atoms with E-state index in [4.69, 9.17) is 10.2 Å². The van der Waals surface area contributed by atoms with E-state index >= 15 is 0 Å². The summed E-state index contributed by atoms with van der Waals surface area (Å²) in [5.74, 6) is -0.782. The predicted octanol–water partition coefficient (Wildman–Crippen LogP) is 1.88. The zero-order valence-corrected chi connectivity index (χ0v) is 18.6. The molecular weight excluding hydrogens is 446 g/mol. The van der Waals surface area contributed by atoms with Crippen LogP contribution in [0, 0.1) is 0 Å². The fourth-order valence-corrected chi connectivity index (χ4v) is 5.32. The molecule has 0 spiro atoms. The van der Waals surface area contributed by atoms with Gasteiger partial charge in [0.05, 0.1) is 19.4 Å². The van der Waals surface area contributed by atoms with E-state index in [9.17, 15) is 13.6 Å². The van der Waals surface area contributed by atoms with Crippen molar-refractivity contribution in [2.24, 2.45) is 0 Å². The van der Waals surface area contributed by atoms with Crippen molar-refractivity contribution in [1.82, 2.24) is 29.4 Å². The maximum atomic E-state index is 13.4. The van der Waals surface area contributed by atoms with Gasteiger partial charge < -0.3 is 20.0 Å². The maximum Gasteiger partial charge on any atom is 0.272 e. The average Bonchev–Trinajstić information content (AvgIpc) is 3.57. The minimum atomic E-state index is -2.56. The Hall–Kier alpha value is -3.28. The summed E-state index contributed by atoms with van der Waals surface area (Å²) >= 11 is 0. The van der Waals surface area contributed by atoms with E-state index in [2.05, 4.69) is 15.1 Å². The lowest BCUT2D eigenvalue weighted by atomic mass is 9.97. The first kappa shape index (κ1) is 21.3. The molecule has 3 aromatic heterocycles. The van der Waals surface area contributed by atoms with E-state index in [1.165, 1.54) is 4.52 Å². The molecule has 0 radical (unpaired) electrons. The third-order valence-electron chi connectivity index (χ3n) is 7.07. The number of fused-ring (bicyclic) bond motifs is 1.